The molecule has 196 valence electrons. The largest absolute Gasteiger partial charge is 0.495 e. The second-order valence-corrected chi connectivity index (χ2v) is 12.0. The van der Waals surface area contributed by atoms with Gasteiger partial charge in [-0.1, -0.05) is 121 Å². The molecule has 0 spiro atoms. The Bertz CT molecular complexity index is 1650. The van der Waals surface area contributed by atoms with Gasteiger partial charge in [-0.15, -0.1) is 0 Å². The number of hydrogen-bond donors (Lipinski definition) is 0. The molecule has 0 unspecified atom stereocenters. The lowest BCUT2D eigenvalue weighted by Crippen LogP contribution is -2.41. The van der Waals surface area contributed by atoms with Crippen molar-refractivity contribution in [3.05, 3.63) is 150 Å². The smallest absolute Gasteiger partial charge is 0.399 e. The molecule has 0 aromatic heterocycles. The summed E-state index contributed by atoms with van der Waals surface area (Å²) < 4.78 is 13.0. The van der Waals surface area contributed by atoms with Crippen LogP contribution in [0.1, 0.15) is 49.9 Å². The van der Waals surface area contributed by atoms with E-state index in [0.29, 0.717) is 0 Å². The van der Waals surface area contributed by atoms with E-state index in [-0.39, 0.29) is 0 Å². The summed E-state index contributed by atoms with van der Waals surface area (Å²) in [6.07, 6.45) is 0. The van der Waals surface area contributed by atoms with Gasteiger partial charge < -0.3 is 9.31 Å². The first-order valence-electron chi connectivity index (χ1n) is 14.1. The summed E-state index contributed by atoms with van der Waals surface area (Å²) in [5.74, 6) is 0. The molecule has 5 aromatic rings. The zero-order chi connectivity index (χ0) is 27.5. The van der Waals surface area contributed by atoms with Crippen molar-refractivity contribution in [2.45, 2.75) is 44.3 Å². The lowest BCUT2D eigenvalue weighted by atomic mass is 9.67. The average Bonchev–Trinajstić information content (AvgIpc) is 3.40. The van der Waals surface area contributed by atoms with Crippen LogP contribution in [0.2, 0.25) is 0 Å². The van der Waals surface area contributed by atoms with E-state index in [1.807, 2.05) is 0 Å². The first kappa shape index (κ1) is 25.1. The van der Waals surface area contributed by atoms with Crippen LogP contribution in [0.25, 0.3) is 22.3 Å². The SMILES string of the molecule is CC1(C)OB(c2ccccc2-c2ccc3c(c2)C(c2ccccc2)(c2ccccc2)c2ccccc2-3)OC1(C)C. The van der Waals surface area contributed by atoms with Crippen molar-refractivity contribution in [3.8, 4) is 22.3 Å². The van der Waals surface area contributed by atoms with Gasteiger partial charge in [0, 0.05) is 0 Å². The highest BCUT2D eigenvalue weighted by atomic mass is 16.7. The van der Waals surface area contributed by atoms with Crippen molar-refractivity contribution < 1.29 is 9.31 Å². The Kier molecular flexibility index (Phi) is 5.68. The van der Waals surface area contributed by atoms with Crippen LogP contribution >= 0.6 is 0 Å². The Morgan fingerprint density at radius 2 is 0.975 bits per heavy atom. The van der Waals surface area contributed by atoms with E-state index in [0.717, 1.165) is 16.6 Å². The van der Waals surface area contributed by atoms with E-state index in [9.17, 15) is 0 Å². The van der Waals surface area contributed by atoms with Crippen LogP contribution in [0.15, 0.2) is 127 Å². The highest BCUT2D eigenvalue weighted by Gasteiger charge is 2.52. The van der Waals surface area contributed by atoms with E-state index in [4.69, 9.17) is 9.31 Å². The van der Waals surface area contributed by atoms with Gasteiger partial charge in [0.15, 0.2) is 0 Å². The van der Waals surface area contributed by atoms with E-state index in [1.54, 1.807) is 0 Å². The third kappa shape index (κ3) is 3.58. The quantitative estimate of drug-likeness (QED) is 0.219. The minimum absolute atomic E-state index is 0.403. The molecule has 7 rings (SSSR count). The van der Waals surface area contributed by atoms with Gasteiger partial charge in [-0.3, -0.25) is 0 Å². The van der Waals surface area contributed by atoms with Gasteiger partial charge in [-0.25, -0.2) is 0 Å². The van der Waals surface area contributed by atoms with Crippen LogP contribution in [-0.4, -0.2) is 18.3 Å². The van der Waals surface area contributed by atoms with Crippen LogP contribution in [0.4, 0.5) is 0 Å². The Balaban J connectivity index is 1.48. The van der Waals surface area contributed by atoms with Gasteiger partial charge in [0.1, 0.15) is 0 Å². The molecule has 0 N–H and O–H groups in total. The molecule has 3 heteroatoms. The predicted octanol–water partition coefficient (Wildman–Crippen LogP) is 8.02. The predicted molar refractivity (Wildman–Crippen MR) is 165 cm³/mol. The number of benzene rings is 5. The molecule has 0 atom stereocenters. The van der Waals surface area contributed by atoms with Crippen molar-refractivity contribution in [1.29, 1.82) is 0 Å². The molecule has 0 bridgehead atoms. The summed E-state index contributed by atoms with van der Waals surface area (Å²) in [7, 11) is -0.431. The van der Waals surface area contributed by atoms with Crippen LogP contribution < -0.4 is 5.46 Å². The fourth-order valence-electron chi connectivity index (χ4n) is 6.55. The molecular weight excluding hydrogens is 487 g/mol. The van der Waals surface area contributed by atoms with Crippen molar-refractivity contribution in [2.24, 2.45) is 0 Å². The van der Waals surface area contributed by atoms with E-state index in [1.165, 1.54) is 33.4 Å². The molecular formula is C37H33BO2. The summed E-state index contributed by atoms with van der Waals surface area (Å²) in [6.45, 7) is 8.43. The number of rotatable bonds is 4. The summed E-state index contributed by atoms with van der Waals surface area (Å²) in [4.78, 5) is 0. The number of hydrogen-bond acceptors (Lipinski definition) is 2. The molecule has 40 heavy (non-hydrogen) atoms. The van der Waals surface area contributed by atoms with Crippen molar-refractivity contribution in [1.82, 2.24) is 0 Å². The van der Waals surface area contributed by atoms with Gasteiger partial charge in [0.25, 0.3) is 0 Å². The van der Waals surface area contributed by atoms with Gasteiger partial charge in [0.05, 0.1) is 16.6 Å². The average molecular weight is 520 g/mol. The van der Waals surface area contributed by atoms with Crippen LogP contribution in [0.5, 0.6) is 0 Å². The van der Waals surface area contributed by atoms with Gasteiger partial charge >= 0.3 is 7.12 Å². The van der Waals surface area contributed by atoms with E-state index >= 15 is 0 Å². The molecule has 1 aliphatic heterocycles. The van der Waals surface area contributed by atoms with Gasteiger partial charge in [-0.05, 0) is 83.7 Å². The Morgan fingerprint density at radius 3 is 1.60 bits per heavy atom. The van der Waals surface area contributed by atoms with Crippen LogP contribution in [-0.2, 0) is 14.7 Å². The minimum Gasteiger partial charge on any atom is -0.399 e. The van der Waals surface area contributed by atoms with E-state index in [2.05, 4.69) is 155 Å². The molecule has 5 aromatic carbocycles. The highest BCUT2D eigenvalue weighted by molar-refractivity contribution is 6.63. The maximum absolute atomic E-state index is 6.51. The fourth-order valence-corrected chi connectivity index (χ4v) is 6.55. The topological polar surface area (TPSA) is 18.5 Å². The summed E-state index contributed by atoms with van der Waals surface area (Å²) in [6, 6.07) is 46.2. The van der Waals surface area contributed by atoms with Gasteiger partial charge in [0.2, 0.25) is 0 Å². The molecule has 1 heterocycles. The van der Waals surface area contributed by atoms with Crippen LogP contribution in [0, 0.1) is 0 Å². The van der Waals surface area contributed by atoms with Crippen molar-refractivity contribution >= 4 is 12.6 Å². The molecule has 2 aliphatic rings. The normalized spacial score (nSPS) is 17.9. The third-order valence-electron chi connectivity index (χ3n) is 9.24. The Hall–Kier alpha value is -3.92. The summed E-state index contributed by atoms with van der Waals surface area (Å²) >= 11 is 0. The molecule has 1 aliphatic carbocycles. The molecule has 0 amide bonds. The molecule has 1 fully saturated rings. The zero-order valence-corrected chi connectivity index (χ0v) is 23.5. The Morgan fingerprint density at radius 1 is 0.475 bits per heavy atom. The lowest BCUT2D eigenvalue weighted by molar-refractivity contribution is 0.00578. The van der Waals surface area contributed by atoms with Crippen molar-refractivity contribution in [3.63, 3.8) is 0 Å². The summed E-state index contributed by atoms with van der Waals surface area (Å²) in [5, 5.41) is 0. The third-order valence-corrected chi connectivity index (χ3v) is 9.24. The minimum atomic E-state index is -0.431. The zero-order valence-electron chi connectivity index (χ0n) is 23.5. The number of fused-ring (bicyclic) bond motifs is 3. The molecule has 1 saturated heterocycles. The monoisotopic (exact) mass is 520 g/mol. The van der Waals surface area contributed by atoms with E-state index < -0.39 is 23.7 Å². The first-order valence-corrected chi connectivity index (χ1v) is 14.1. The molecule has 0 radical (unpaired) electrons. The second-order valence-electron chi connectivity index (χ2n) is 12.0. The maximum atomic E-state index is 6.51. The second kappa shape index (κ2) is 9.06. The standard InChI is InChI=1S/C37H33BO2/c1-35(2)36(3,4)40-38(39-35)34-22-14-12-19-29(34)26-23-24-31-30-20-11-13-21-32(30)37(33(31)25-26,27-15-7-5-8-16-27)28-17-9-6-10-18-28/h5-25H,1-4H3. The molecule has 0 saturated carbocycles. The summed E-state index contributed by atoms with van der Waals surface area (Å²) in [5.41, 5.74) is 9.84. The Labute approximate surface area is 237 Å². The van der Waals surface area contributed by atoms with Crippen molar-refractivity contribution in [2.75, 3.05) is 0 Å². The van der Waals surface area contributed by atoms with Crippen LogP contribution in [0.3, 0.4) is 0 Å². The highest BCUT2D eigenvalue weighted by Crippen LogP contribution is 2.56. The lowest BCUT2D eigenvalue weighted by Gasteiger charge is -2.34. The molecule has 2 nitrogen and oxygen atoms in total. The fraction of sp³-hybridized carbons (Fsp3) is 0.189. The maximum Gasteiger partial charge on any atom is 0.495 e. The van der Waals surface area contributed by atoms with Gasteiger partial charge in [-0.2, -0.15) is 0 Å². The first-order chi connectivity index (χ1) is 19.3.